The summed E-state index contributed by atoms with van der Waals surface area (Å²) in [5.41, 5.74) is 1.29. The van der Waals surface area contributed by atoms with Gasteiger partial charge >= 0.3 is 0 Å². The molecule has 0 aromatic heterocycles. The van der Waals surface area contributed by atoms with Crippen molar-refractivity contribution in [3.63, 3.8) is 0 Å². The van der Waals surface area contributed by atoms with Crippen LogP contribution in [-0.4, -0.2) is 26.2 Å². The Balaban J connectivity index is 1.95. The van der Waals surface area contributed by atoms with Gasteiger partial charge in [0.2, 0.25) is 0 Å². The van der Waals surface area contributed by atoms with E-state index in [1.165, 1.54) is 18.4 Å². The maximum absolute atomic E-state index is 5.25. The molecule has 1 aliphatic heterocycles. The second-order valence-electron chi connectivity index (χ2n) is 4.71. The average molecular weight is 234 g/mol. The molecule has 3 heteroatoms. The fraction of sp³-hybridized carbons (Fsp3) is 0.571. The molecule has 3 nitrogen and oxygen atoms in total. The Morgan fingerprint density at radius 1 is 1.47 bits per heavy atom. The highest BCUT2D eigenvalue weighted by molar-refractivity contribution is 5.30. The van der Waals surface area contributed by atoms with Crippen LogP contribution in [0.3, 0.4) is 0 Å². The van der Waals surface area contributed by atoms with Crippen LogP contribution in [0.15, 0.2) is 24.3 Å². The van der Waals surface area contributed by atoms with Crippen molar-refractivity contribution in [3.8, 4) is 5.75 Å². The van der Waals surface area contributed by atoms with Crippen LogP contribution >= 0.6 is 0 Å². The molecule has 1 saturated heterocycles. The number of hydrogen-bond acceptors (Lipinski definition) is 3. The average Bonchev–Trinajstić information content (AvgIpc) is 2.40. The van der Waals surface area contributed by atoms with Crippen LogP contribution < -0.4 is 15.4 Å². The minimum Gasteiger partial charge on any atom is -0.497 e. The van der Waals surface area contributed by atoms with E-state index in [1.54, 1.807) is 7.11 Å². The molecule has 1 unspecified atom stereocenters. The number of methoxy groups -OCH3 is 1. The van der Waals surface area contributed by atoms with Crippen LogP contribution in [0.2, 0.25) is 0 Å². The number of piperidine rings is 1. The zero-order chi connectivity index (χ0) is 12.1. The number of hydrogen-bond donors (Lipinski definition) is 2. The monoisotopic (exact) mass is 234 g/mol. The summed E-state index contributed by atoms with van der Waals surface area (Å²) in [7, 11) is 1.71. The SMILES string of the molecule is COc1cccc([C@@H](C)NC2CCCNC2)c1. The minimum atomic E-state index is 0.370. The van der Waals surface area contributed by atoms with E-state index in [0.717, 1.165) is 18.8 Å². The Labute approximate surface area is 104 Å². The molecule has 1 fully saturated rings. The summed E-state index contributed by atoms with van der Waals surface area (Å²) < 4.78 is 5.25. The van der Waals surface area contributed by atoms with Gasteiger partial charge in [0.1, 0.15) is 5.75 Å². The number of nitrogens with one attached hydrogen (secondary N) is 2. The van der Waals surface area contributed by atoms with E-state index in [-0.39, 0.29) is 0 Å². The fourth-order valence-corrected chi connectivity index (χ4v) is 2.35. The molecule has 1 aliphatic rings. The Bertz CT molecular complexity index is 348. The molecule has 0 saturated carbocycles. The second-order valence-corrected chi connectivity index (χ2v) is 4.71. The topological polar surface area (TPSA) is 33.3 Å². The molecule has 0 amide bonds. The summed E-state index contributed by atoms with van der Waals surface area (Å²) in [6.45, 7) is 4.45. The zero-order valence-corrected chi connectivity index (χ0v) is 10.7. The molecule has 94 valence electrons. The van der Waals surface area contributed by atoms with Crippen LogP contribution in [0.1, 0.15) is 31.4 Å². The Morgan fingerprint density at radius 2 is 2.35 bits per heavy atom. The summed E-state index contributed by atoms with van der Waals surface area (Å²) in [6.07, 6.45) is 2.53. The highest BCUT2D eigenvalue weighted by Gasteiger charge is 2.16. The van der Waals surface area contributed by atoms with Gasteiger partial charge in [-0.05, 0) is 44.0 Å². The molecular formula is C14H22N2O. The molecule has 0 bridgehead atoms. The van der Waals surface area contributed by atoms with Gasteiger partial charge in [-0.25, -0.2) is 0 Å². The van der Waals surface area contributed by atoms with Crippen LogP contribution in [0.25, 0.3) is 0 Å². The Kier molecular flexibility index (Phi) is 4.40. The van der Waals surface area contributed by atoms with E-state index >= 15 is 0 Å². The highest BCUT2D eigenvalue weighted by Crippen LogP contribution is 2.19. The first-order valence-electron chi connectivity index (χ1n) is 6.40. The fourth-order valence-electron chi connectivity index (χ4n) is 2.35. The van der Waals surface area contributed by atoms with E-state index in [1.807, 2.05) is 12.1 Å². The number of benzene rings is 1. The van der Waals surface area contributed by atoms with E-state index in [9.17, 15) is 0 Å². The van der Waals surface area contributed by atoms with E-state index in [4.69, 9.17) is 4.74 Å². The molecule has 1 heterocycles. The van der Waals surface area contributed by atoms with E-state index in [2.05, 4.69) is 29.7 Å². The second kappa shape index (κ2) is 6.03. The van der Waals surface area contributed by atoms with E-state index < -0.39 is 0 Å². The van der Waals surface area contributed by atoms with Gasteiger partial charge in [-0.2, -0.15) is 0 Å². The lowest BCUT2D eigenvalue weighted by atomic mass is 10.0. The predicted molar refractivity (Wildman–Crippen MR) is 70.4 cm³/mol. The molecule has 0 aliphatic carbocycles. The first-order valence-corrected chi connectivity index (χ1v) is 6.40. The molecule has 2 N–H and O–H groups in total. The van der Waals surface area contributed by atoms with Gasteiger partial charge in [-0.1, -0.05) is 12.1 Å². The Hall–Kier alpha value is -1.06. The quantitative estimate of drug-likeness (QED) is 0.837. The summed E-state index contributed by atoms with van der Waals surface area (Å²) >= 11 is 0. The van der Waals surface area contributed by atoms with Gasteiger partial charge in [0.25, 0.3) is 0 Å². The zero-order valence-electron chi connectivity index (χ0n) is 10.7. The summed E-state index contributed by atoms with van der Waals surface area (Å²) in [5.74, 6) is 0.929. The Morgan fingerprint density at radius 3 is 3.06 bits per heavy atom. The van der Waals surface area contributed by atoms with Gasteiger partial charge in [-0.3, -0.25) is 0 Å². The van der Waals surface area contributed by atoms with Gasteiger partial charge in [0.15, 0.2) is 0 Å². The third kappa shape index (κ3) is 3.45. The minimum absolute atomic E-state index is 0.370. The first-order chi connectivity index (χ1) is 8.29. The maximum atomic E-state index is 5.25. The smallest absolute Gasteiger partial charge is 0.119 e. The third-order valence-electron chi connectivity index (χ3n) is 3.38. The molecular weight excluding hydrogens is 212 g/mol. The maximum Gasteiger partial charge on any atom is 0.119 e. The summed E-state index contributed by atoms with van der Waals surface area (Å²) in [4.78, 5) is 0. The largest absolute Gasteiger partial charge is 0.497 e. The van der Waals surface area contributed by atoms with Crippen LogP contribution in [0, 0.1) is 0 Å². The molecule has 0 spiro atoms. The van der Waals surface area contributed by atoms with Gasteiger partial charge in [-0.15, -0.1) is 0 Å². The molecule has 1 aromatic rings. The van der Waals surface area contributed by atoms with E-state index in [0.29, 0.717) is 12.1 Å². The normalized spacial score (nSPS) is 22.1. The van der Waals surface area contributed by atoms with Gasteiger partial charge in [0, 0.05) is 18.6 Å². The molecule has 2 atom stereocenters. The molecule has 1 aromatic carbocycles. The van der Waals surface area contributed by atoms with Crippen LogP contribution in [0.4, 0.5) is 0 Å². The van der Waals surface area contributed by atoms with Gasteiger partial charge < -0.3 is 15.4 Å². The number of rotatable bonds is 4. The summed E-state index contributed by atoms with van der Waals surface area (Å²) in [5, 5.41) is 7.10. The number of ether oxygens (including phenoxy) is 1. The first kappa shape index (κ1) is 12.4. The van der Waals surface area contributed by atoms with Crippen molar-refractivity contribution in [1.29, 1.82) is 0 Å². The van der Waals surface area contributed by atoms with Crippen molar-refractivity contribution in [3.05, 3.63) is 29.8 Å². The molecule has 0 radical (unpaired) electrons. The van der Waals surface area contributed by atoms with Crippen molar-refractivity contribution in [2.45, 2.75) is 31.8 Å². The lowest BCUT2D eigenvalue weighted by molar-refractivity contribution is 0.361. The molecule has 2 rings (SSSR count). The standard InChI is InChI=1S/C14H22N2O/c1-11(16-13-6-4-8-15-10-13)12-5-3-7-14(9-12)17-2/h3,5,7,9,11,13,15-16H,4,6,8,10H2,1-2H3/t11-,13?/m1/s1. The van der Waals surface area contributed by atoms with Crippen LogP contribution in [-0.2, 0) is 0 Å². The van der Waals surface area contributed by atoms with Gasteiger partial charge in [0.05, 0.1) is 7.11 Å². The van der Waals surface area contributed by atoms with Crippen molar-refractivity contribution >= 4 is 0 Å². The van der Waals surface area contributed by atoms with Crippen molar-refractivity contribution in [1.82, 2.24) is 10.6 Å². The summed E-state index contributed by atoms with van der Waals surface area (Å²) in [6, 6.07) is 9.24. The lowest BCUT2D eigenvalue weighted by Crippen LogP contribution is -2.43. The lowest BCUT2D eigenvalue weighted by Gasteiger charge is -2.27. The highest BCUT2D eigenvalue weighted by atomic mass is 16.5. The van der Waals surface area contributed by atoms with Crippen LogP contribution in [0.5, 0.6) is 5.75 Å². The predicted octanol–water partition coefficient (Wildman–Crippen LogP) is 2.10. The van der Waals surface area contributed by atoms with Crippen molar-refractivity contribution in [2.75, 3.05) is 20.2 Å². The van der Waals surface area contributed by atoms with Crippen molar-refractivity contribution in [2.24, 2.45) is 0 Å². The van der Waals surface area contributed by atoms with Crippen molar-refractivity contribution < 1.29 is 4.74 Å². The third-order valence-corrected chi connectivity index (χ3v) is 3.38. The molecule has 17 heavy (non-hydrogen) atoms.